The molecule has 2 aromatic carbocycles. The fourth-order valence-electron chi connectivity index (χ4n) is 3.63. The highest BCUT2D eigenvalue weighted by Crippen LogP contribution is 2.32. The summed E-state index contributed by atoms with van der Waals surface area (Å²) < 4.78 is 38.5. The Kier molecular flexibility index (Phi) is 6.18. The molecule has 1 aliphatic rings. The molecule has 0 fully saturated rings. The Balaban J connectivity index is 1.64. The molecule has 1 amide bonds. The van der Waals surface area contributed by atoms with E-state index in [4.69, 9.17) is 21.1 Å². The molecule has 1 aromatic heterocycles. The van der Waals surface area contributed by atoms with Gasteiger partial charge in [0.1, 0.15) is 24.7 Å². The van der Waals surface area contributed by atoms with E-state index in [-0.39, 0.29) is 16.3 Å². The van der Waals surface area contributed by atoms with E-state index in [2.05, 4.69) is 5.32 Å². The summed E-state index contributed by atoms with van der Waals surface area (Å²) in [6.07, 6.45) is 0. The van der Waals surface area contributed by atoms with E-state index < -0.39 is 21.3 Å². The number of nitrogens with one attached hydrogen (secondary N) is 1. The molecule has 172 valence electrons. The molecule has 1 aliphatic heterocycles. The topological polar surface area (TPSA) is 104 Å². The number of benzene rings is 2. The third kappa shape index (κ3) is 4.60. The normalized spacial score (nSPS) is 12.9. The van der Waals surface area contributed by atoms with Gasteiger partial charge in [0.25, 0.3) is 5.56 Å². The highest BCUT2D eigenvalue weighted by molar-refractivity contribution is 7.91. The molecule has 0 aliphatic carbocycles. The Hall–Kier alpha value is -3.30. The van der Waals surface area contributed by atoms with Crippen molar-refractivity contribution in [1.82, 2.24) is 4.57 Å². The third-order valence-electron chi connectivity index (χ3n) is 5.17. The van der Waals surface area contributed by atoms with Crippen molar-refractivity contribution in [3.63, 3.8) is 0 Å². The minimum Gasteiger partial charge on any atom is -0.486 e. The third-order valence-corrected chi connectivity index (χ3v) is 7.35. The van der Waals surface area contributed by atoms with Gasteiger partial charge in [-0.1, -0.05) is 11.6 Å². The number of sulfone groups is 1. The Morgan fingerprint density at radius 3 is 2.39 bits per heavy atom. The van der Waals surface area contributed by atoms with Crippen LogP contribution in [0.4, 0.5) is 5.69 Å². The number of halogens is 1. The van der Waals surface area contributed by atoms with Gasteiger partial charge < -0.3 is 19.4 Å². The highest BCUT2D eigenvalue weighted by atomic mass is 35.5. The van der Waals surface area contributed by atoms with Crippen molar-refractivity contribution in [1.29, 1.82) is 0 Å². The molecule has 1 N–H and O–H groups in total. The van der Waals surface area contributed by atoms with Gasteiger partial charge in [0, 0.05) is 22.5 Å². The van der Waals surface area contributed by atoms with Crippen molar-refractivity contribution in [3.05, 3.63) is 75.2 Å². The second-order valence-electron chi connectivity index (χ2n) is 7.55. The van der Waals surface area contributed by atoms with Crippen molar-refractivity contribution in [2.75, 3.05) is 18.5 Å². The lowest BCUT2D eigenvalue weighted by atomic mass is 10.2. The van der Waals surface area contributed by atoms with Crippen molar-refractivity contribution in [2.45, 2.75) is 30.2 Å². The van der Waals surface area contributed by atoms with Gasteiger partial charge in [0.2, 0.25) is 15.7 Å². The quantitative estimate of drug-likeness (QED) is 0.590. The van der Waals surface area contributed by atoms with Crippen LogP contribution in [0.2, 0.25) is 5.02 Å². The second kappa shape index (κ2) is 8.92. The van der Waals surface area contributed by atoms with Gasteiger partial charge in [-0.05, 0) is 61.9 Å². The van der Waals surface area contributed by atoms with Gasteiger partial charge in [0.15, 0.2) is 11.5 Å². The van der Waals surface area contributed by atoms with E-state index in [0.29, 0.717) is 46.7 Å². The summed E-state index contributed by atoms with van der Waals surface area (Å²) in [5.41, 5.74) is 0.469. The van der Waals surface area contributed by atoms with Crippen molar-refractivity contribution in [2.24, 2.45) is 0 Å². The molecule has 0 radical (unpaired) electrons. The Morgan fingerprint density at radius 2 is 1.70 bits per heavy atom. The van der Waals surface area contributed by atoms with E-state index in [1.165, 1.54) is 24.3 Å². The van der Waals surface area contributed by atoms with Crippen LogP contribution < -0.4 is 20.3 Å². The summed E-state index contributed by atoms with van der Waals surface area (Å²) in [5, 5.41) is 3.08. The van der Waals surface area contributed by atoms with Crippen LogP contribution in [0, 0.1) is 13.8 Å². The number of fused-ring (bicyclic) bond motifs is 1. The molecule has 0 saturated heterocycles. The molecule has 0 bridgehead atoms. The molecule has 4 rings (SSSR count). The van der Waals surface area contributed by atoms with Gasteiger partial charge >= 0.3 is 0 Å². The smallest absolute Gasteiger partial charge is 0.270 e. The first-order valence-corrected chi connectivity index (χ1v) is 11.9. The number of carbonyl (C=O) groups excluding carboxylic acids is 1. The van der Waals surface area contributed by atoms with E-state index >= 15 is 0 Å². The molecule has 0 unspecified atom stereocenters. The van der Waals surface area contributed by atoms with Crippen molar-refractivity contribution < 1.29 is 22.7 Å². The van der Waals surface area contributed by atoms with Crippen LogP contribution in [0.5, 0.6) is 11.5 Å². The summed E-state index contributed by atoms with van der Waals surface area (Å²) in [7, 11) is -4.12. The average Bonchev–Trinajstić information content (AvgIpc) is 2.76. The van der Waals surface area contributed by atoms with Crippen LogP contribution in [0.25, 0.3) is 0 Å². The summed E-state index contributed by atoms with van der Waals surface area (Å²) >= 11 is 5.86. The molecule has 3 aromatic rings. The monoisotopic (exact) mass is 488 g/mol. The van der Waals surface area contributed by atoms with Crippen LogP contribution in [0.15, 0.2) is 63.1 Å². The molecule has 8 nitrogen and oxygen atoms in total. The summed E-state index contributed by atoms with van der Waals surface area (Å²) in [6.45, 7) is 3.70. The number of anilines is 1. The molecule has 0 atom stereocenters. The predicted molar refractivity (Wildman–Crippen MR) is 123 cm³/mol. The number of nitrogens with zero attached hydrogens (tertiary/aromatic N) is 1. The lowest BCUT2D eigenvalue weighted by molar-refractivity contribution is -0.116. The van der Waals surface area contributed by atoms with E-state index in [1.807, 2.05) is 0 Å². The zero-order chi connectivity index (χ0) is 23.8. The van der Waals surface area contributed by atoms with E-state index in [0.717, 1.165) is 4.57 Å². The van der Waals surface area contributed by atoms with Crippen molar-refractivity contribution >= 4 is 33.0 Å². The molecule has 10 heteroatoms. The number of rotatable bonds is 5. The van der Waals surface area contributed by atoms with Crippen LogP contribution in [0.1, 0.15) is 11.3 Å². The van der Waals surface area contributed by atoms with Gasteiger partial charge in [0.05, 0.1) is 4.90 Å². The molecule has 0 spiro atoms. The van der Waals surface area contributed by atoms with E-state index in [9.17, 15) is 18.0 Å². The van der Waals surface area contributed by atoms with E-state index in [1.54, 1.807) is 38.1 Å². The maximum absolute atomic E-state index is 13.2. The molecule has 0 saturated carbocycles. The first kappa shape index (κ1) is 22.9. The number of ether oxygens (including phenoxy) is 2. The Morgan fingerprint density at radius 1 is 1.03 bits per heavy atom. The van der Waals surface area contributed by atoms with Gasteiger partial charge in [-0.3, -0.25) is 9.59 Å². The van der Waals surface area contributed by atoms with Crippen LogP contribution in [-0.4, -0.2) is 32.1 Å². The largest absolute Gasteiger partial charge is 0.486 e. The number of pyridine rings is 1. The average molecular weight is 489 g/mol. The van der Waals surface area contributed by atoms with Crippen LogP contribution >= 0.6 is 11.6 Å². The van der Waals surface area contributed by atoms with Gasteiger partial charge in [-0.15, -0.1) is 0 Å². The molecule has 2 heterocycles. The molecule has 33 heavy (non-hydrogen) atoms. The maximum Gasteiger partial charge on any atom is 0.270 e. The predicted octanol–water partition coefficient (Wildman–Crippen LogP) is 3.36. The summed E-state index contributed by atoms with van der Waals surface area (Å²) in [6, 6.07) is 12.1. The number of aromatic nitrogens is 1. The summed E-state index contributed by atoms with van der Waals surface area (Å²) in [4.78, 5) is 25.5. The lowest BCUT2D eigenvalue weighted by Crippen LogP contribution is -2.33. The number of hydrogen-bond acceptors (Lipinski definition) is 6. The lowest BCUT2D eigenvalue weighted by Gasteiger charge is -2.19. The Bertz CT molecular complexity index is 1400. The molecular weight excluding hydrogens is 468 g/mol. The van der Waals surface area contributed by atoms with Crippen LogP contribution in [-0.2, 0) is 21.2 Å². The van der Waals surface area contributed by atoms with Crippen molar-refractivity contribution in [3.8, 4) is 11.5 Å². The standard InChI is InChI=1S/C23H21ClN2O6S/c1-14-11-15(2)26(23(28)22(14)33(29,30)18-6-3-16(24)4-7-18)13-21(27)25-17-5-8-19-20(12-17)32-10-9-31-19/h3-8,11-12H,9-10,13H2,1-2H3,(H,25,27). The second-order valence-corrected chi connectivity index (χ2v) is 9.88. The highest BCUT2D eigenvalue weighted by Gasteiger charge is 2.26. The maximum atomic E-state index is 13.2. The SMILES string of the molecule is Cc1cc(C)n(CC(=O)Nc2ccc3c(c2)OCCO3)c(=O)c1S(=O)(=O)c1ccc(Cl)cc1. The molecular formula is C23H21ClN2O6S. The fraction of sp³-hybridized carbons (Fsp3) is 0.217. The zero-order valence-electron chi connectivity index (χ0n) is 17.9. The number of aryl methyl sites for hydroxylation is 2. The summed E-state index contributed by atoms with van der Waals surface area (Å²) in [5.74, 6) is 0.608. The van der Waals surface area contributed by atoms with Gasteiger partial charge in [-0.2, -0.15) is 0 Å². The van der Waals surface area contributed by atoms with Crippen LogP contribution in [0.3, 0.4) is 0 Å². The fourth-order valence-corrected chi connectivity index (χ4v) is 5.31. The first-order chi connectivity index (χ1) is 15.7. The number of amides is 1. The first-order valence-electron chi connectivity index (χ1n) is 10.1. The minimum absolute atomic E-state index is 0.0526. The minimum atomic E-state index is -4.12. The van der Waals surface area contributed by atoms with Gasteiger partial charge in [-0.25, -0.2) is 8.42 Å². The number of carbonyl (C=O) groups is 1. The number of hydrogen-bond donors (Lipinski definition) is 1. The zero-order valence-corrected chi connectivity index (χ0v) is 19.5. The Labute approximate surface area is 195 Å².